The Morgan fingerprint density at radius 3 is 2.26 bits per heavy atom. The molecule has 0 radical (unpaired) electrons. The first-order valence-corrected chi connectivity index (χ1v) is 9.89. The Kier molecular flexibility index (Phi) is 7.72. The molecule has 0 unspecified atom stereocenters. The lowest BCUT2D eigenvalue weighted by atomic mass is 10.2. The van der Waals surface area contributed by atoms with Gasteiger partial charge in [-0.2, -0.15) is 4.31 Å². The second-order valence-corrected chi connectivity index (χ2v) is 8.03. The minimum Gasteiger partial charge on any atom is -0.335 e. The molecule has 1 aromatic carbocycles. The van der Waals surface area contributed by atoms with Crippen LogP contribution in [0.1, 0.15) is 39.2 Å². The van der Waals surface area contributed by atoms with E-state index in [1.54, 1.807) is 4.90 Å². The van der Waals surface area contributed by atoms with Crippen LogP contribution in [0.15, 0.2) is 30.3 Å². The van der Waals surface area contributed by atoms with Crippen molar-refractivity contribution in [3.63, 3.8) is 0 Å². The van der Waals surface area contributed by atoms with E-state index in [9.17, 15) is 13.2 Å². The Balaban J connectivity index is 2.84. The topological polar surface area (TPSA) is 57.7 Å². The third-order valence-corrected chi connectivity index (χ3v) is 4.93. The van der Waals surface area contributed by atoms with Gasteiger partial charge in [0.1, 0.15) is 0 Å². The number of hydrogen-bond donors (Lipinski definition) is 0. The highest BCUT2D eigenvalue weighted by molar-refractivity contribution is 7.88. The van der Waals surface area contributed by atoms with Crippen molar-refractivity contribution in [1.29, 1.82) is 0 Å². The Hall–Kier alpha value is -1.40. The van der Waals surface area contributed by atoms with E-state index in [1.807, 2.05) is 51.1 Å². The van der Waals surface area contributed by atoms with Crippen molar-refractivity contribution < 1.29 is 13.2 Å². The van der Waals surface area contributed by atoms with E-state index in [0.29, 0.717) is 13.1 Å². The number of carbonyl (C=O) groups is 1. The lowest BCUT2D eigenvalue weighted by Gasteiger charge is -2.29. The van der Waals surface area contributed by atoms with Gasteiger partial charge in [-0.3, -0.25) is 4.79 Å². The lowest BCUT2D eigenvalue weighted by molar-refractivity contribution is -0.133. The zero-order valence-corrected chi connectivity index (χ0v) is 15.3. The van der Waals surface area contributed by atoms with Gasteiger partial charge in [-0.15, -0.1) is 0 Å². The van der Waals surface area contributed by atoms with Gasteiger partial charge in [-0.05, 0) is 25.8 Å². The van der Waals surface area contributed by atoms with Crippen molar-refractivity contribution in [3.05, 3.63) is 35.9 Å². The number of benzene rings is 1. The molecule has 0 heterocycles. The largest absolute Gasteiger partial charge is 0.335 e. The van der Waals surface area contributed by atoms with Crippen LogP contribution in [0.3, 0.4) is 0 Å². The summed E-state index contributed by atoms with van der Waals surface area (Å²) in [5.74, 6) is -0.162. The van der Waals surface area contributed by atoms with Crippen molar-refractivity contribution >= 4 is 15.9 Å². The molecule has 1 amide bonds. The summed E-state index contributed by atoms with van der Waals surface area (Å²) in [5, 5.41) is 0. The molecular weight excluding hydrogens is 312 g/mol. The standard InChI is InChI=1S/C17H28N2O3S/c1-5-6-12-18(23(4,21)22)14-17(20)19(15(2)3)13-16-10-8-7-9-11-16/h7-11,15H,5-6,12-14H2,1-4H3. The number of hydrogen-bond acceptors (Lipinski definition) is 3. The molecule has 0 N–H and O–H groups in total. The summed E-state index contributed by atoms with van der Waals surface area (Å²) >= 11 is 0. The van der Waals surface area contributed by atoms with E-state index in [4.69, 9.17) is 0 Å². The molecule has 0 saturated heterocycles. The van der Waals surface area contributed by atoms with E-state index >= 15 is 0 Å². The van der Waals surface area contributed by atoms with Gasteiger partial charge >= 0.3 is 0 Å². The van der Waals surface area contributed by atoms with Crippen molar-refractivity contribution in [2.24, 2.45) is 0 Å². The molecule has 0 aliphatic heterocycles. The van der Waals surface area contributed by atoms with Crippen LogP contribution in [0.5, 0.6) is 0 Å². The van der Waals surface area contributed by atoms with Crippen LogP contribution in [-0.4, -0.2) is 48.9 Å². The Morgan fingerprint density at radius 1 is 1.17 bits per heavy atom. The maximum atomic E-state index is 12.6. The van der Waals surface area contributed by atoms with Crippen LogP contribution < -0.4 is 0 Å². The molecule has 130 valence electrons. The highest BCUT2D eigenvalue weighted by atomic mass is 32.2. The van der Waals surface area contributed by atoms with E-state index in [1.165, 1.54) is 4.31 Å². The second kappa shape index (κ2) is 9.03. The smallest absolute Gasteiger partial charge is 0.238 e. The summed E-state index contributed by atoms with van der Waals surface area (Å²) in [5.41, 5.74) is 1.04. The average Bonchev–Trinajstić information content (AvgIpc) is 2.48. The van der Waals surface area contributed by atoms with Crippen LogP contribution in [0.25, 0.3) is 0 Å². The zero-order chi connectivity index (χ0) is 17.5. The normalized spacial score (nSPS) is 11.9. The van der Waals surface area contributed by atoms with Gasteiger partial charge in [-0.1, -0.05) is 43.7 Å². The van der Waals surface area contributed by atoms with E-state index in [2.05, 4.69) is 0 Å². The van der Waals surface area contributed by atoms with E-state index in [0.717, 1.165) is 24.7 Å². The molecule has 5 nitrogen and oxygen atoms in total. The number of carbonyl (C=O) groups excluding carboxylic acids is 1. The first kappa shape index (κ1) is 19.6. The van der Waals surface area contributed by atoms with Crippen molar-refractivity contribution in [1.82, 2.24) is 9.21 Å². The molecule has 23 heavy (non-hydrogen) atoms. The highest BCUT2D eigenvalue weighted by Gasteiger charge is 2.24. The number of rotatable bonds is 9. The fourth-order valence-corrected chi connectivity index (χ4v) is 3.08. The van der Waals surface area contributed by atoms with Crippen LogP contribution in [0.2, 0.25) is 0 Å². The summed E-state index contributed by atoms with van der Waals surface area (Å²) in [7, 11) is -3.38. The third kappa shape index (κ3) is 6.71. The Bertz CT molecular complexity index is 585. The third-order valence-electron chi connectivity index (χ3n) is 3.68. The van der Waals surface area contributed by atoms with Crippen LogP contribution in [0, 0.1) is 0 Å². The van der Waals surface area contributed by atoms with Gasteiger partial charge in [0.05, 0.1) is 12.8 Å². The Morgan fingerprint density at radius 2 is 1.78 bits per heavy atom. The SMILES string of the molecule is CCCCN(CC(=O)N(Cc1ccccc1)C(C)C)S(C)(=O)=O. The molecular formula is C17H28N2O3S. The average molecular weight is 340 g/mol. The minimum absolute atomic E-state index is 0.00953. The maximum absolute atomic E-state index is 12.6. The van der Waals surface area contributed by atoms with Gasteiger partial charge in [0, 0.05) is 19.1 Å². The lowest BCUT2D eigenvalue weighted by Crippen LogP contribution is -2.45. The van der Waals surface area contributed by atoms with Gasteiger partial charge in [0.2, 0.25) is 15.9 Å². The molecule has 0 saturated carbocycles. The summed E-state index contributed by atoms with van der Waals surface area (Å²) in [6.07, 6.45) is 2.80. The second-order valence-electron chi connectivity index (χ2n) is 6.05. The van der Waals surface area contributed by atoms with Crippen molar-refractivity contribution in [2.75, 3.05) is 19.3 Å². The van der Waals surface area contributed by atoms with Crippen LogP contribution in [-0.2, 0) is 21.4 Å². The number of unbranched alkanes of at least 4 members (excludes halogenated alkanes) is 1. The monoisotopic (exact) mass is 340 g/mol. The van der Waals surface area contributed by atoms with Crippen LogP contribution >= 0.6 is 0 Å². The quantitative estimate of drug-likeness (QED) is 0.694. The maximum Gasteiger partial charge on any atom is 0.238 e. The summed E-state index contributed by atoms with van der Waals surface area (Å²) < 4.78 is 25.0. The molecule has 0 spiro atoms. The zero-order valence-electron chi connectivity index (χ0n) is 14.5. The van der Waals surface area contributed by atoms with Gasteiger partial charge in [0.15, 0.2) is 0 Å². The molecule has 6 heteroatoms. The highest BCUT2D eigenvalue weighted by Crippen LogP contribution is 2.11. The number of nitrogens with zero attached hydrogens (tertiary/aromatic N) is 2. The first-order chi connectivity index (χ1) is 10.8. The molecule has 0 aliphatic rings. The summed E-state index contributed by atoms with van der Waals surface area (Å²) in [4.78, 5) is 14.4. The molecule has 0 aromatic heterocycles. The van der Waals surface area contributed by atoms with Gasteiger partial charge in [-0.25, -0.2) is 8.42 Å². The molecule has 0 atom stereocenters. The van der Waals surface area contributed by atoms with Crippen molar-refractivity contribution in [2.45, 2.75) is 46.2 Å². The number of amides is 1. The fourth-order valence-electron chi connectivity index (χ4n) is 2.28. The molecule has 0 bridgehead atoms. The van der Waals surface area contributed by atoms with Crippen molar-refractivity contribution in [3.8, 4) is 0 Å². The molecule has 0 fully saturated rings. The predicted molar refractivity (Wildman–Crippen MR) is 93.5 cm³/mol. The molecule has 0 aliphatic carbocycles. The van der Waals surface area contributed by atoms with Gasteiger partial charge < -0.3 is 4.90 Å². The predicted octanol–water partition coefficient (Wildman–Crippen LogP) is 2.49. The van der Waals surface area contributed by atoms with E-state index in [-0.39, 0.29) is 18.5 Å². The molecule has 1 rings (SSSR count). The summed E-state index contributed by atoms with van der Waals surface area (Å²) in [6, 6.07) is 9.74. The van der Waals surface area contributed by atoms with Crippen LogP contribution in [0.4, 0.5) is 0 Å². The van der Waals surface area contributed by atoms with E-state index < -0.39 is 10.0 Å². The minimum atomic E-state index is -3.38. The Labute approximate surface area is 140 Å². The first-order valence-electron chi connectivity index (χ1n) is 8.04. The molecule has 1 aromatic rings. The number of sulfonamides is 1. The summed E-state index contributed by atoms with van der Waals surface area (Å²) in [6.45, 7) is 6.67. The fraction of sp³-hybridized carbons (Fsp3) is 0.588. The van der Waals surface area contributed by atoms with Gasteiger partial charge in [0.25, 0.3) is 0 Å².